The maximum atomic E-state index is 11.9. The first-order valence-electron chi connectivity index (χ1n) is 11.3. The fraction of sp³-hybridized carbons (Fsp3) is 0.444. The number of rotatable bonds is 7. The summed E-state index contributed by atoms with van der Waals surface area (Å²) in [7, 11) is -2.74. The Balaban J connectivity index is 2.00. The van der Waals surface area contributed by atoms with Gasteiger partial charge in [-0.05, 0) is 34.7 Å². The number of hydrogen-bond donors (Lipinski definition) is 0. The molecule has 2 aromatic carbocycles. The molecule has 3 atom stereocenters. The number of carbonyl (C=O) groups is 1. The zero-order chi connectivity index (χ0) is 23.2. The predicted molar refractivity (Wildman–Crippen MR) is 130 cm³/mol. The van der Waals surface area contributed by atoms with E-state index in [1.54, 1.807) is 0 Å². The fourth-order valence-corrected chi connectivity index (χ4v) is 9.22. The van der Waals surface area contributed by atoms with E-state index in [2.05, 4.69) is 75.2 Å². The van der Waals surface area contributed by atoms with Gasteiger partial charge >= 0.3 is 5.97 Å². The van der Waals surface area contributed by atoms with Gasteiger partial charge < -0.3 is 13.9 Å². The summed E-state index contributed by atoms with van der Waals surface area (Å²) in [6.45, 7) is 8.37. The van der Waals surface area contributed by atoms with Crippen LogP contribution in [0.25, 0.3) is 0 Å². The zero-order valence-corrected chi connectivity index (χ0v) is 20.5. The molecule has 0 aromatic heterocycles. The summed E-state index contributed by atoms with van der Waals surface area (Å²) in [4.78, 5) is 11.9. The van der Waals surface area contributed by atoms with Crippen LogP contribution >= 0.6 is 0 Å². The Hall–Kier alpha value is -2.39. The van der Waals surface area contributed by atoms with Gasteiger partial charge in [0.2, 0.25) is 0 Å². The molecule has 0 amide bonds. The van der Waals surface area contributed by atoms with E-state index in [4.69, 9.17) is 20.3 Å². The number of ether oxygens (including phenoxy) is 2. The van der Waals surface area contributed by atoms with E-state index < -0.39 is 14.4 Å². The van der Waals surface area contributed by atoms with Crippen LogP contribution in [-0.4, -0.2) is 39.2 Å². The first kappa shape index (κ1) is 24.3. The molecule has 0 radical (unpaired) electrons. The first-order valence-corrected chi connectivity index (χ1v) is 13.2. The average Bonchev–Trinajstić information content (AvgIpc) is 2.79. The minimum Gasteiger partial charge on any atom is -0.457 e. The van der Waals surface area contributed by atoms with Crippen LogP contribution in [0.4, 0.5) is 0 Å². The highest BCUT2D eigenvalue weighted by Gasteiger charge is 2.51. The van der Waals surface area contributed by atoms with Gasteiger partial charge in [0.1, 0.15) is 12.2 Å². The molecule has 0 unspecified atom stereocenters. The van der Waals surface area contributed by atoms with Crippen molar-refractivity contribution in [2.24, 2.45) is 0 Å². The Morgan fingerprint density at radius 3 is 2.12 bits per heavy atom. The van der Waals surface area contributed by atoms with Crippen LogP contribution in [0.2, 0.25) is 5.04 Å². The molecule has 0 bridgehead atoms. The summed E-state index contributed by atoms with van der Waals surface area (Å²) in [5, 5.41) is 2.21. The number of benzene rings is 2. The highest BCUT2D eigenvalue weighted by atomic mass is 28.4. The Kier molecular flexibility index (Phi) is 7.94. The second kappa shape index (κ2) is 10.5. The molecule has 1 fully saturated rings. The van der Waals surface area contributed by atoms with Crippen molar-refractivity contribution < 1.29 is 18.7 Å². The number of carbonyl (C=O) groups excluding carboxylic acids is 1. The van der Waals surface area contributed by atoms with Gasteiger partial charge in [-0.25, -0.2) is 0 Å². The number of terminal acetylenes is 1. The van der Waals surface area contributed by atoms with Crippen molar-refractivity contribution in [1.29, 1.82) is 0 Å². The average molecular weight is 451 g/mol. The molecule has 3 rings (SSSR count). The molecule has 5 heteroatoms. The summed E-state index contributed by atoms with van der Waals surface area (Å²) >= 11 is 0. The third-order valence-electron chi connectivity index (χ3n) is 6.09. The maximum Gasteiger partial charge on any atom is 0.303 e. The molecule has 0 N–H and O–H groups in total. The van der Waals surface area contributed by atoms with Crippen molar-refractivity contribution in [1.82, 2.24) is 0 Å². The molecule has 1 aliphatic heterocycles. The summed E-state index contributed by atoms with van der Waals surface area (Å²) in [6.07, 6.45) is 7.14. The molecule has 2 aromatic rings. The van der Waals surface area contributed by atoms with Crippen molar-refractivity contribution in [3.8, 4) is 12.3 Å². The molecule has 0 spiro atoms. The molecule has 0 saturated carbocycles. The SMILES string of the molecule is C#C[C@H]1CCC[C@@H]([C@@H](CO[Si](c2ccccc2)(c2ccccc2)C(C)(C)C)OC(C)=O)O1. The lowest BCUT2D eigenvalue weighted by molar-refractivity contribution is -0.164. The lowest BCUT2D eigenvalue weighted by atomic mass is 10.0. The molecule has 1 heterocycles. The minimum atomic E-state index is -2.74. The highest BCUT2D eigenvalue weighted by Crippen LogP contribution is 2.37. The van der Waals surface area contributed by atoms with Crippen LogP contribution in [0.15, 0.2) is 60.7 Å². The number of hydrogen-bond acceptors (Lipinski definition) is 4. The van der Waals surface area contributed by atoms with Gasteiger partial charge in [-0.1, -0.05) is 87.4 Å². The van der Waals surface area contributed by atoms with Gasteiger partial charge in [0.15, 0.2) is 0 Å². The second-order valence-corrected chi connectivity index (χ2v) is 13.7. The summed E-state index contributed by atoms with van der Waals surface area (Å²) in [6, 6.07) is 20.9. The monoisotopic (exact) mass is 450 g/mol. The molecule has 170 valence electrons. The Labute approximate surface area is 193 Å². The van der Waals surface area contributed by atoms with Crippen molar-refractivity contribution >= 4 is 24.7 Å². The van der Waals surface area contributed by atoms with Crippen LogP contribution in [0.5, 0.6) is 0 Å². The highest BCUT2D eigenvalue weighted by molar-refractivity contribution is 6.99. The van der Waals surface area contributed by atoms with E-state index in [0.29, 0.717) is 0 Å². The van der Waals surface area contributed by atoms with E-state index in [9.17, 15) is 4.79 Å². The topological polar surface area (TPSA) is 44.8 Å². The van der Waals surface area contributed by atoms with Gasteiger partial charge in [0, 0.05) is 6.92 Å². The van der Waals surface area contributed by atoms with Crippen LogP contribution in [0, 0.1) is 12.3 Å². The Bertz CT molecular complexity index is 875. The van der Waals surface area contributed by atoms with E-state index in [1.807, 2.05) is 12.1 Å². The predicted octanol–water partition coefficient (Wildman–Crippen LogP) is 4.07. The molecule has 1 aliphatic rings. The summed E-state index contributed by atoms with van der Waals surface area (Å²) in [5.74, 6) is 2.36. The lowest BCUT2D eigenvalue weighted by Gasteiger charge is -2.44. The Morgan fingerprint density at radius 1 is 1.09 bits per heavy atom. The quantitative estimate of drug-likeness (QED) is 0.362. The molecular formula is C27H34O4Si. The van der Waals surface area contributed by atoms with Gasteiger partial charge in [0.25, 0.3) is 8.32 Å². The third-order valence-corrected chi connectivity index (χ3v) is 11.1. The van der Waals surface area contributed by atoms with Crippen molar-refractivity contribution in [2.75, 3.05) is 6.61 Å². The van der Waals surface area contributed by atoms with Gasteiger partial charge in [0.05, 0.1) is 12.7 Å². The molecular weight excluding hydrogens is 416 g/mol. The maximum absolute atomic E-state index is 11.9. The second-order valence-electron chi connectivity index (χ2n) is 9.38. The van der Waals surface area contributed by atoms with E-state index in [-0.39, 0.29) is 29.8 Å². The minimum absolute atomic E-state index is 0.161. The molecule has 4 nitrogen and oxygen atoms in total. The van der Waals surface area contributed by atoms with E-state index in [1.165, 1.54) is 17.3 Å². The fourth-order valence-electron chi connectivity index (χ4n) is 4.65. The van der Waals surface area contributed by atoms with Crippen molar-refractivity contribution in [2.45, 2.75) is 70.3 Å². The van der Waals surface area contributed by atoms with Crippen LogP contribution in [0.1, 0.15) is 47.0 Å². The largest absolute Gasteiger partial charge is 0.457 e. The molecule has 1 saturated heterocycles. The summed E-state index contributed by atoms with van der Waals surface area (Å²) in [5.41, 5.74) is 0. The van der Waals surface area contributed by atoms with E-state index >= 15 is 0 Å². The molecule has 32 heavy (non-hydrogen) atoms. The zero-order valence-electron chi connectivity index (χ0n) is 19.5. The molecule has 0 aliphatic carbocycles. The standard InChI is InChI=1S/C27H34O4Si/c1-6-22-14-13-19-25(31-22)26(30-21(2)28)20-29-32(27(3,4)5,23-15-9-7-10-16-23)24-17-11-8-12-18-24/h1,7-12,15-18,22,25-26H,13-14,19-20H2,2-5H3/t22-,25-,26+/m0/s1. The summed E-state index contributed by atoms with van der Waals surface area (Å²) < 4.78 is 18.8. The van der Waals surface area contributed by atoms with Gasteiger partial charge in [-0.2, -0.15) is 0 Å². The van der Waals surface area contributed by atoms with Gasteiger partial charge in [-0.3, -0.25) is 4.79 Å². The Morgan fingerprint density at radius 2 is 1.66 bits per heavy atom. The normalized spacial score (nSPS) is 20.2. The first-order chi connectivity index (χ1) is 15.3. The third kappa shape index (κ3) is 5.32. The smallest absolute Gasteiger partial charge is 0.303 e. The van der Waals surface area contributed by atoms with Crippen LogP contribution in [-0.2, 0) is 18.7 Å². The van der Waals surface area contributed by atoms with E-state index in [0.717, 1.165) is 19.3 Å². The number of esters is 1. The van der Waals surface area contributed by atoms with Crippen LogP contribution in [0.3, 0.4) is 0 Å². The lowest BCUT2D eigenvalue weighted by Crippen LogP contribution is -2.67. The van der Waals surface area contributed by atoms with Crippen molar-refractivity contribution in [3.05, 3.63) is 60.7 Å². The van der Waals surface area contributed by atoms with Gasteiger partial charge in [-0.15, -0.1) is 6.42 Å². The van der Waals surface area contributed by atoms with Crippen molar-refractivity contribution in [3.63, 3.8) is 0 Å². The van der Waals surface area contributed by atoms with Crippen LogP contribution < -0.4 is 10.4 Å².